The fourth-order valence-corrected chi connectivity index (χ4v) is 2.46. The number of benzene rings is 2. The molecule has 4 N–H and O–H groups in total. The number of hydrogen-bond acceptors (Lipinski definition) is 3. The van der Waals surface area contributed by atoms with Crippen molar-refractivity contribution in [1.29, 1.82) is 5.41 Å². The molecule has 5 nitrogen and oxygen atoms in total. The maximum Gasteiger partial charge on any atom is 0.253 e. The number of nitrogens with one attached hydrogen (secondary N) is 2. The number of amides is 1. The number of rotatable bonds is 4. The van der Waals surface area contributed by atoms with Gasteiger partial charge < -0.3 is 16.0 Å². The third-order valence-electron chi connectivity index (χ3n) is 4.08. The number of likely N-dealkylation sites (tertiary alicyclic amines) is 1. The molecule has 0 spiro atoms. The molecule has 5 heteroatoms. The van der Waals surface area contributed by atoms with Gasteiger partial charge in [-0.15, -0.1) is 0 Å². The standard InChI is InChI=1S/C20H20N4O/c21-19(22)16-8-10-18(11-9-16)23-12-1-3-15-4-6-17(7-5-15)20(25)24-13-2-14-24/h4-11,23H,2,12-14H2,(H3,21,22). The highest BCUT2D eigenvalue weighted by atomic mass is 16.2. The van der Waals surface area contributed by atoms with Crippen molar-refractivity contribution in [2.75, 3.05) is 25.0 Å². The van der Waals surface area contributed by atoms with Crippen LogP contribution in [-0.2, 0) is 0 Å². The number of carbonyl (C=O) groups is 1. The molecular weight excluding hydrogens is 312 g/mol. The largest absolute Gasteiger partial charge is 0.384 e. The molecule has 25 heavy (non-hydrogen) atoms. The molecule has 0 saturated carbocycles. The van der Waals surface area contributed by atoms with Crippen molar-refractivity contribution in [3.8, 4) is 11.8 Å². The average Bonchev–Trinajstić information content (AvgIpc) is 2.58. The molecule has 2 aromatic rings. The van der Waals surface area contributed by atoms with Gasteiger partial charge in [0, 0.05) is 35.5 Å². The lowest BCUT2D eigenvalue weighted by molar-refractivity contribution is 0.0652. The Balaban J connectivity index is 1.52. The van der Waals surface area contributed by atoms with Gasteiger partial charge in [-0.1, -0.05) is 11.8 Å². The number of nitrogen functional groups attached to an aromatic ring is 1. The molecule has 0 radical (unpaired) electrons. The second kappa shape index (κ2) is 7.54. The summed E-state index contributed by atoms with van der Waals surface area (Å²) in [5.41, 5.74) is 8.65. The molecule has 126 valence electrons. The van der Waals surface area contributed by atoms with Crippen LogP contribution in [0.4, 0.5) is 5.69 Å². The molecule has 0 aromatic heterocycles. The van der Waals surface area contributed by atoms with E-state index in [-0.39, 0.29) is 11.7 Å². The first-order valence-electron chi connectivity index (χ1n) is 8.20. The summed E-state index contributed by atoms with van der Waals surface area (Å²) in [6, 6.07) is 14.8. The summed E-state index contributed by atoms with van der Waals surface area (Å²) < 4.78 is 0. The first-order valence-corrected chi connectivity index (χ1v) is 8.20. The van der Waals surface area contributed by atoms with E-state index in [9.17, 15) is 4.79 Å². The lowest BCUT2D eigenvalue weighted by Crippen LogP contribution is -2.41. The van der Waals surface area contributed by atoms with Gasteiger partial charge in [-0.25, -0.2) is 0 Å². The van der Waals surface area contributed by atoms with Gasteiger partial charge >= 0.3 is 0 Å². The third kappa shape index (κ3) is 4.18. The van der Waals surface area contributed by atoms with Crippen LogP contribution < -0.4 is 11.1 Å². The SMILES string of the molecule is N=C(N)c1ccc(NCC#Cc2ccc(C(=O)N3CCC3)cc2)cc1. The quantitative estimate of drug-likeness (QED) is 0.456. The smallest absolute Gasteiger partial charge is 0.253 e. The lowest BCUT2D eigenvalue weighted by Gasteiger charge is -2.30. The van der Waals surface area contributed by atoms with E-state index in [2.05, 4.69) is 17.2 Å². The van der Waals surface area contributed by atoms with Gasteiger partial charge in [0.05, 0.1) is 6.54 Å². The normalized spacial score (nSPS) is 12.6. The van der Waals surface area contributed by atoms with Crippen molar-refractivity contribution in [2.45, 2.75) is 6.42 Å². The Kier molecular flexibility index (Phi) is 5.00. The third-order valence-corrected chi connectivity index (χ3v) is 4.08. The second-order valence-electron chi connectivity index (χ2n) is 5.87. The van der Waals surface area contributed by atoms with Crippen LogP contribution in [0, 0.1) is 17.3 Å². The van der Waals surface area contributed by atoms with Gasteiger partial charge in [0.2, 0.25) is 0 Å². The summed E-state index contributed by atoms with van der Waals surface area (Å²) in [4.78, 5) is 13.9. The van der Waals surface area contributed by atoms with Gasteiger partial charge in [0.25, 0.3) is 5.91 Å². The van der Waals surface area contributed by atoms with Gasteiger partial charge in [0.1, 0.15) is 5.84 Å². The highest BCUT2D eigenvalue weighted by Gasteiger charge is 2.20. The van der Waals surface area contributed by atoms with E-state index in [4.69, 9.17) is 11.1 Å². The first-order chi connectivity index (χ1) is 12.1. The Morgan fingerprint density at radius 1 is 1.08 bits per heavy atom. The zero-order valence-corrected chi connectivity index (χ0v) is 13.9. The summed E-state index contributed by atoms with van der Waals surface area (Å²) in [6.07, 6.45) is 1.10. The molecule has 0 bridgehead atoms. The monoisotopic (exact) mass is 332 g/mol. The van der Waals surface area contributed by atoms with E-state index in [1.807, 2.05) is 41.3 Å². The van der Waals surface area contributed by atoms with Gasteiger partial charge in [-0.3, -0.25) is 10.2 Å². The van der Waals surface area contributed by atoms with Crippen molar-refractivity contribution in [3.05, 3.63) is 65.2 Å². The number of amidine groups is 1. The molecule has 3 rings (SSSR count). The van der Waals surface area contributed by atoms with E-state index in [1.54, 1.807) is 12.1 Å². The van der Waals surface area contributed by atoms with E-state index >= 15 is 0 Å². The van der Waals surface area contributed by atoms with Crippen LogP contribution >= 0.6 is 0 Å². The van der Waals surface area contributed by atoms with E-state index in [1.165, 1.54) is 0 Å². The van der Waals surface area contributed by atoms with Gasteiger partial charge in [-0.05, 0) is 55.0 Å². The summed E-state index contributed by atoms with van der Waals surface area (Å²) in [5.74, 6) is 6.29. The minimum atomic E-state index is 0.0578. The number of carbonyl (C=O) groups excluding carboxylic acids is 1. The zero-order valence-electron chi connectivity index (χ0n) is 13.9. The number of anilines is 1. The lowest BCUT2D eigenvalue weighted by atomic mass is 10.1. The van der Waals surface area contributed by atoms with Crippen molar-refractivity contribution in [3.63, 3.8) is 0 Å². The van der Waals surface area contributed by atoms with E-state index in [0.717, 1.165) is 30.8 Å². The van der Waals surface area contributed by atoms with Crippen LogP contribution in [-0.4, -0.2) is 36.3 Å². The van der Waals surface area contributed by atoms with Gasteiger partial charge in [-0.2, -0.15) is 0 Å². The Bertz CT molecular complexity index is 825. The molecule has 0 atom stereocenters. The molecule has 1 saturated heterocycles. The molecule has 1 amide bonds. The summed E-state index contributed by atoms with van der Waals surface area (Å²) in [6.45, 7) is 2.23. The maximum atomic E-state index is 12.1. The van der Waals surface area contributed by atoms with Crippen LogP contribution in [0.2, 0.25) is 0 Å². The Labute approximate surface area is 147 Å². The fraction of sp³-hybridized carbons (Fsp3) is 0.200. The van der Waals surface area contributed by atoms with Crippen LogP contribution in [0.1, 0.15) is 27.9 Å². The Hall–Kier alpha value is -3.26. The predicted octanol–water partition coefficient (Wildman–Crippen LogP) is 2.28. The molecule has 1 aliphatic heterocycles. The summed E-state index contributed by atoms with van der Waals surface area (Å²) in [5, 5.41) is 10.6. The summed E-state index contributed by atoms with van der Waals surface area (Å²) >= 11 is 0. The van der Waals surface area contributed by atoms with Crippen LogP contribution in [0.5, 0.6) is 0 Å². The molecule has 1 fully saturated rings. The average molecular weight is 332 g/mol. The zero-order chi connectivity index (χ0) is 17.6. The number of nitrogens with zero attached hydrogens (tertiary/aromatic N) is 1. The molecule has 0 aliphatic carbocycles. The van der Waals surface area contributed by atoms with E-state index < -0.39 is 0 Å². The number of hydrogen-bond donors (Lipinski definition) is 3. The topological polar surface area (TPSA) is 82.2 Å². The van der Waals surface area contributed by atoms with Crippen LogP contribution in [0.15, 0.2) is 48.5 Å². The second-order valence-corrected chi connectivity index (χ2v) is 5.87. The fourth-order valence-electron chi connectivity index (χ4n) is 2.46. The Morgan fingerprint density at radius 3 is 2.28 bits per heavy atom. The molecule has 0 unspecified atom stereocenters. The van der Waals surface area contributed by atoms with Gasteiger partial charge in [0.15, 0.2) is 0 Å². The van der Waals surface area contributed by atoms with Crippen LogP contribution in [0.25, 0.3) is 0 Å². The minimum absolute atomic E-state index is 0.0578. The van der Waals surface area contributed by atoms with Crippen molar-refractivity contribution >= 4 is 17.4 Å². The molecular formula is C20H20N4O. The molecule has 1 aliphatic rings. The first kappa shape index (κ1) is 16.6. The maximum absolute atomic E-state index is 12.1. The van der Waals surface area contributed by atoms with Crippen molar-refractivity contribution in [1.82, 2.24) is 4.90 Å². The highest BCUT2D eigenvalue weighted by Crippen LogP contribution is 2.13. The van der Waals surface area contributed by atoms with Crippen LogP contribution in [0.3, 0.4) is 0 Å². The van der Waals surface area contributed by atoms with Crippen molar-refractivity contribution in [2.24, 2.45) is 5.73 Å². The number of nitrogens with two attached hydrogens (primary N) is 1. The predicted molar refractivity (Wildman–Crippen MR) is 99.8 cm³/mol. The molecule has 1 heterocycles. The highest BCUT2D eigenvalue weighted by molar-refractivity contribution is 5.95. The summed E-state index contributed by atoms with van der Waals surface area (Å²) in [7, 11) is 0. The Morgan fingerprint density at radius 2 is 1.72 bits per heavy atom. The van der Waals surface area contributed by atoms with E-state index in [0.29, 0.717) is 17.7 Å². The minimum Gasteiger partial charge on any atom is -0.384 e. The van der Waals surface area contributed by atoms with Crippen molar-refractivity contribution < 1.29 is 4.79 Å². The molecule has 2 aromatic carbocycles.